The van der Waals surface area contributed by atoms with Crippen molar-refractivity contribution in [2.45, 2.75) is 15.9 Å². The summed E-state index contributed by atoms with van der Waals surface area (Å²) in [4.78, 5) is 38.2. The molecule has 37 heavy (non-hydrogen) atoms. The second-order valence-electron chi connectivity index (χ2n) is 9.32. The highest BCUT2D eigenvalue weighted by molar-refractivity contribution is 6.36. The molecule has 7 rings (SSSR count). The third kappa shape index (κ3) is 3.09. The molecule has 5 nitrogen and oxygen atoms in total. The van der Waals surface area contributed by atoms with E-state index >= 15 is 0 Å². The van der Waals surface area contributed by atoms with Gasteiger partial charge in [-0.15, -0.1) is 23.2 Å². The molecule has 0 saturated carbocycles. The molecule has 3 aromatic rings. The number of anilines is 1. The minimum absolute atomic E-state index is 0.473. The van der Waals surface area contributed by atoms with Gasteiger partial charge in [-0.1, -0.05) is 60.7 Å². The van der Waals surface area contributed by atoms with Crippen LogP contribution in [0.3, 0.4) is 0 Å². The summed E-state index contributed by atoms with van der Waals surface area (Å²) in [7, 11) is 0. The van der Waals surface area contributed by atoms with Crippen LogP contribution in [0.15, 0.2) is 72.8 Å². The van der Waals surface area contributed by atoms with Crippen molar-refractivity contribution in [3.8, 4) is 0 Å². The Kier molecular flexibility index (Phi) is 5.07. The van der Waals surface area contributed by atoms with E-state index in [0.29, 0.717) is 22.3 Å². The van der Waals surface area contributed by atoms with Crippen LogP contribution in [0.4, 0.5) is 18.9 Å². The average molecular weight is 545 g/mol. The maximum absolute atomic E-state index is 13.7. The van der Waals surface area contributed by atoms with Crippen LogP contribution < -0.4 is 5.32 Å². The number of carbonyl (C=O) groups is 3. The maximum Gasteiger partial charge on any atom is 0.418 e. The smallest absolute Gasteiger partial charge is 0.324 e. The van der Waals surface area contributed by atoms with Crippen molar-refractivity contribution in [3.63, 3.8) is 0 Å². The Bertz CT molecular complexity index is 1380. The number of para-hydroxylation sites is 1. The quantitative estimate of drug-likeness (QED) is 0.362. The van der Waals surface area contributed by atoms with Crippen LogP contribution in [0.5, 0.6) is 0 Å². The zero-order chi connectivity index (χ0) is 26.3. The molecule has 1 saturated heterocycles. The van der Waals surface area contributed by atoms with E-state index in [1.165, 1.54) is 12.1 Å². The lowest BCUT2D eigenvalue weighted by molar-refractivity contribution is -0.143. The molecular weight excluding hydrogens is 528 g/mol. The van der Waals surface area contributed by atoms with Crippen LogP contribution in [-0.2, 0) is 30.3 Å². The van der Waals surface area contributed by atoms with E-state index in [-0.39, 0.29) is 0 Å². The highest BCUT2D eigenvalue weighted by Crippen LogP contribution is 2.69. The molecule has 188 valence electrons. The van der Waals surface area contributed by atoms with Gasteiger partial charge in [0.05, 0.1) is 23.1 Å². The summed E-state index contributed by atoms with van der Waals surface area (Å²) in [5.74, 6) is -4.54. The first kappa shape index (κ1) is 24.0. The lowest BCUT2D eigenvalue weighted by Gasteiger charge is -2.54. The second kappa shape index (κ2) is 7.82. The number of likely N-dealkylation sites (tertiary alicyclic amines) is 1. The van der Waals surface area contributed by atoms with Gasteiger partial charge in [-0.25, -0.2) is 0 Å². The van der Waals surface area contributed by atoms with E-state index in [0.717, 1.165) is 17.0 Å². The third-order valence-electron chi connectivity index (χ3n) is 7.48. The van der Waals surface area contributed by atoms with Gasteiger partial charge in [0.2, 0.25) is 17.7 Å². The number of amides is 3. The van der Waals surface area contributed by atoms with Crippen LogP contribution in [0.2, 0.25) is 0 Å². The van der Waals surface area contributed by atoms with Crippen LogP contribution in [-0.4, -0.2) is 29.2 Å². The van der Waals surface area contributed by atoms with Gasteiger partial charge >= 0.3 is 6.18 Å². The second-order valence-corrected chi connectivity index (χ2v) is 10.5. The topological polar surface area (TPSA) is 66.5 Å². The fraction of sp³-hybridized carbons (Fsp3) is 0.222. The molecule has 3 amide bonds. The molecule has 0 aromatic heterocycles. The number of benzene rings is 3. The molecule has 2 bridgehead atoms. The first-order chi connectivity index (χ1) is 17.5. The summed E-state index contributed by atoms with van der Waals surface area (Å²) < 4.78 is 40.1. The van der Waals surface area contributed by atoms with Gasteiger partial charge in [0.15, 0.2) is 0 Å². The predicted molar refractivity (Wildman–Crippen MR) is 130 cm³/mol. The Morgan fingerprint density at radius 1 is 0.784 bits per heavy atom. The minimum atomic E-state index is -4.70. The highest BCUT2D eigenvalue weighted by Gasteiger charge is 2.73. The summed E-state index contributed by atoms with van der Waals surface area (Å²) in [6.07, 6.45) is -4.70. The van der Waals surface area contributed by atoms with E-state index in [9.17, 15) is 27.6 Å². The molecule has 1 N–H and O–H groups in total. The van der Waals surface area contributed by atoms with Gasteiger partial charge in [-0.2, -0.15) is 13.2 Å². The molecule has 4 aliphatic rings. The Labute approximate surface area is 219 Å². The minimum Gasteiger partial charge on any atom is -0.324 e. The van der Waals surface area contributed by atoms with Crippen molar-refractivity contribution in [1.29, 1.82) is 0 Å². The summed E-state index contributed by atoms with van der Waals surface area (Å²) in [6, 6.07) is 18.6. The Morgan fingerprint density at radius 3 is 1.62 bits per heavy atom. The number of hydrogen-bond donors (Lipinski definition) is 1. The van der Waals surface area contributed by atoms with Gasteiger partial charge < -0.3 is 5.32 Å². The normalized spacial score (nSPS) is 27.5. The third-order valence-corrected chi connectivity index (χ3v) is 8.77. The van der Waals surface area contributed by atoms with Crippen molar-refractivity contribution in [3.05, 3.63) is 101 Å². The van der Waals surface area contributed by atoms with E-state index in [2.05, 4.69) is 5.32 Å². The largest absolute Gasteiger partial charge is 0.418 e. The van der Waals surface area contributed by atoms with Crippen molar-refractivity contribution >= 4 is 46.6 Å². The fourth-order valence-corrected chi connectivity index (χ4v) is 7.15. The lowest BCUT2D eigenvalue weighted by Crippen LogP contribution is -2.57. The van der Waals surface area contributed by atoms with E-state index in [4.69, 9.17) is 23.2 Å². The fourth-order valence-electron chi connectivity index (χ4n) is 6.05. The molecule has 1 fully saturated rings. The summed E-state index contributed by atoms with van der Waals surface area (Å²) in [5, 5.41) is 2.19. The van der Waals surface area contributed by atoms with Gasteiger partial charge in [-0.3, -0.25) is 19.3 Å². The van der Waals surface area contributed by atoms with Crippen LogP contribution in [0, 0.1) is 11.8 Å². The first-order valence-electron chi connectivity index (χ1n) is 11.4. The number of nitrogens with one attached hydrogen (secondary N) is 1. The number of rotatable bonds is 3. The molecule has 0 radical (unpaired) electrons. The summed E-state index contributed by atoms with van der Waals surface area (Å²) in [6.45, 7) is -0.774. The number of halogens is 5. The van der Waals surface area contributed by atoms with Crippen molar-refractivity contribution in [2.75, 3.05) is 11.9 Å². The molecule has 0 spiro atoms. The number of alkyl halides is 5. The van der Waals surface area contributed by atoms with Crippen LogP contribution in [0.25, 0.3) is 0 Å². The van der Waals surface area contributed by atoms with Gasteiger partial charge in [0, 0.05) is 0 Å². The molecule has 0 unspecified atom stereocenters. The summed E-state index contributed by atoms with van der Waals surface area (Å²) >= 11 is 14.6. The molecule has 2 atom stereocenters. The number of imide groups is 1. The molecule has 3 aromatic carbocycles. The number of hydrogen-bond acceptors (Lipinski definition) is 3. The van der Waals surface area contributed by atoms with Crippen LogP contribution in [0.1, 0.15) is 27.8 Å². The summed E-state index contributed by atoms with van der Waals surface area (Å²) in [5.41, 5.74) is 0.922. The monoisotopic (exact) mass is 544 g/mol. The van der Waals surface area contributed by atoms with Crippen LogP contribution >= 0.6 is 23.2 Å². The highest BCUT2D eigenvalue weighted by atomic mass is 35.5. The molecular formula is C27H17Cl2F3N2O3. The van der Waals surface area contributed by atoms with Crippen molar-refractivity contribution in [2.24, 2.45) is 11.8 Å². The Hall–Kier alpha value is -3.36. The molecule has 1 aliphatic heterocycles. The standard InChI is InChI=1S/C27H17Cl2F3N2O3/c28-25-14-7-1-2-8-15(14)26(29,17-10-4-3-9-16(17)25)22-21(25)23(36)34(24(22)37)13-20(35)33-19-12-6-5-11-18(19)27(30,31)32/h1-12,21-22H,13H2,(H,33,35)/t21-,22+,25?,26?. The molecule has 3 aliphatic carbocycles. The average Bonchev–Trinajstić information content (AvgIpc) is 3.13. The zero-order valence-electron chi connectivity index (χ0n) is 18.9. The lowest BCUT2D eigenvalue weighted by atomic mass is 9.54. The number of nitrogens with zero attached hydrogens (tertiary/aromatic N) is 1. The Balaban J connectivity index is 1.39. The van der Waals surface area contributed by atoms with Crippen molar-refractivity contribution < 1.29 is 27.6 Å². The van der Waals surface area contributed by atoms with E-state index in [1.54, 1.807) is 48.5 Å². The maximum atomic E-state index is 13.7. The van der Waals surface area contributed by atoms with Gasteiger partial charge in [0.25, 0.3) is 0 Å². The van der Waals surface area contributed by atoms with E-state index in [1.807, 2.05) is 0 Å². The first-order valence-corrected chi connectivity index (χ1v) is 12.2. The molecule has 1 heterocycles. The van der Waals surface area contributed by atoms with Gasteiger partial charge in [0.1, 0.15) is 16.3 Å². The van der Waals surface area contributed by atoms with Crippen molar-refractivity contribution in [1.82, 2.24) is 4.90 Å². The SMILES string of the molecule is O=C(CN1C(=O)[C@@H]2[C@H](C1=O)C1(Cl)c3ccccc3C2(Cl)c2ccccc21)Nc1ccccc1C(F)(F)F. The Morgan fingerprint density at radius 2 is 1.19 bits per heavy atom. The van der Waals surface area contributed by atoms with Gasteiger partial charge in [-0.05, 0) is 34.4 Å². The predicted octanol–water partition coefficient (Wildman–Crippen LogP) is 5.24. The number of carbonyl (C=O) groups excluding carboxylic acids is 3. The van der Waals surface area contributed by atoms with E-state index < -0.39 is 63.3 Å². The zero-order valence-corrected chi connectivity index (χ0v) is 20.4. The molecule has 10 heteroatoms.